The molecule has 5 heteroatoms. The third kappa shape index (κ3) is 3.57. The molecule has 2 aliphatic rings. The zero-order valence-corrected chi connectivity index (χ0v) is 13.9. The molecule has 1 heterocycles. The Morgan fingerprint density at radius 1 is 1.43 bits per heavy atom. The number of hydrogen-bond donors (Lipinski definition) is 2. The number of rotatable bonds is 6. The van der Waals surface area contributed by atoms with Gasteiger partial charge in [0, 0.05) is 24.2 Å². The number of aromatic nitrogens is 1. The van der Waals surface area contributed by atoms with E-state index < -0.39 is 0 Å². The third-order valence-corrected chi connectivity index (χ3v) is 5.68. The Labute approximate surface area is 131 Å². The van der Waals surface area contributed by atoms with Crippen molar-refractivity contribution in [3.63, 3.8) is 0 Å². The number of nitrogens with zero attached hydrogens (tertiary/aromatic N) is 2. The van der Waals surface area contributed by atoms with E-state index in [0.29, 0.717) is 12.0 Å². The minimum absolute atomic E-state index is 0.577. The molecule has 2 N–H and O–H groups in total. The van der Waals surface area contributed by atoms with E-state index in [2.05, 4.69) is 34.5 Å². The van der Waals surface area contributed by atoms with Gasteiger partial charge in [-0.3, -0.25) is 0 Å². The van der Waals surface area contributed by atoms with Gasteiger partial charge in [-0.05, 0) is 50.9 Å². The molecule has 1 aromatic rings. The first kappa shape index (κ1) is 14.8. The van der Waals surface area contributed by atoms with Crippen LogP contribution < -0.4 is 10.6 Å². The van der Waals surface area contributed by atoms with E-state index >= 15 is 0 Å². The van der Waals surface area contributed by atoms with E-state index in [1.807, 2.05) is 6.20 Å². The average Bonchev–Trinajstić information content (AvgIpc) is 3.18. The van der Waals surface area contributed by atoms with Crippen molar-refractivity contribution in [2.75, 3.05) is 13.1 Å². The molecule has 0 aliphatic heterocycles. The fraction of sp³-hybridized carbons (Fsp3) is 0.750. The van der Waals surface area contributed by atoms with Crippen LogP contribution in [0.1, 0.15) is 48.9 Å². The zero-order valence-electron chi connectivity index (χ0n) is 13.1. The Morgan fingerprint density at radius 2 is 2.24 bits per heavy atom. The van der Waals surface area contributed by atoms with Gasteiger partial charge in [0.1, 0.15) is 5.01 Å². The van der Waals surface area contributed by atoms with Gasteiger partial charge in [0.2, 0.25) is 0 Å². The average molecular weight is 306 g/mol. The molecule has 4 nitrogen and oxygen atoms in total. The fourth-order valence-electron chi connectivity index (χ4n) is 3.28. The van der Waals surface area contributed by atoms with Gasteiger partial charge >= 0.3 is 0 Å². The van der Waals surface area contributed by atoms with Gasteiger partial charge in [0.25, 0.3) is 0 Å². The Kier molecular flexibility index (Phi) is 4.48. The lowest BCUT2D eigenvalue weighted by Crippen LogP contribution is -2.47. The number of nitrogens with one attached hydrogen (secondary N) is 2. The number of hydrogen-bond acceptors (Lipinski definition) is 3. The minimum atomic E-state index is 0.577. The van der Waals surface area contributed by atoms with Crippen molar-refractivity contribution < 1.29 is 0 Å². The fourth-order valence-corrected chi connectivity index (χ4v) is 3.99. The summed E-state index contributed by atoms with van der Waals surface area (Å²) in [5.74, 6) is 1.92. The highest BCUT2D eigenvalue weighted by Crippen LogP contribution is 2.56. The van der Waals surface area contributed by atoms with Crippen molar-refractivity contribution in [3.05, 3.63) is 16.1 Å². The summed E-state index contributed by atoms with van der Waals surface area (Å²) in [7, 11) is 0. The summed E-state index contributed by atoms with van der Waals surface area (Å²) in [6.07, 6.45) is 9.00. The van der Waals surface area contributed by atoms with Gasteiger partial charge in [-0.2, -0.15) is 0 Å². The number of guanidine groups is 1. The second kappa shape index (κ2) is 6.34. The molecule has 3 rings (SSSR count). The van der Waals surface area contributed by atoms with Crippen molar-refractivity contribution in [1.82, 2.24) is 15.6 Å². The highest BCUT2D eigenvalue weighted by atomic mass is 32.1. The Hall–Kier alpha value is -1.10. The lowest BCUT2D eigenvalue weighted by atomic mass is 9.65. The molecule has 0 atom stereocenters. The van der Waals surface area contributed by atoms with E-state index in [0.717, 1.165) is 30.0 Å². The van der Waals surface area contributed by atoms with Crippen molar-refractivity contribution in [3.8, 4) is 0 Å². The Balaban J connectivity index is 1.56. The van der Waals surface area contributed by atoms with Crippen LogP contribution in [0, 0.1) is 18.3 Å². The van der Waals surface area contributed by atoms with Gasteiger partial charge in [0.05, 0.1) is 6.54 Å². The number of aryl methyl sites for hydroxylation is 1. The summed E-state index contributed by atoms with van der Waals surface area (Å²) >= 11 is 1.73. The number of thiazole rings is 1. The van der Waals surface area contributed by atoms with Crippen LogP contribution in [0.15, 0.2) is 11.2 Å². The Bertz CT molecular complexity index is 500. The molecule has 2 fully saturated rings. The van der Waals surface area contributed by atoms with Crippen LogP contribution in [0.3, 0.4) is 0 Å². The largest absolute Gasteiger partial charge is 0.357 e. The van der Waals surface area contributed by atoms with Crippen LogP contribution in [0.5, 0.6) is 0 Å². The van der Waals surface area contributed by atoms with Gasteiger partial charge < -0.3 is 10.6 Å². The highest BCUT2D eigenvalue weighted by molar-refractivity contribution is 7.11. The first-order chi connectivity index (χ1) is 10.2. The summed E-state index contributed by atoms with van der Waals surface area (Å²) in [6.45, 7) is 6.86. The SMILES string of the molecule is CCNC(=NCc1ncc(C)s1)NCC1(C2CC2)CCC1. The molecule has 2 saturated carbocycles. The van der Waals surface area contributed by atoms with E-state index in [9.17, 15) is 0 Å². The molecule has 1 aromatic heterocycles. The maximum Gasteiger partial charge on any atom is 0.191 e. The minimum Gasteiger partial charge on any atom is -0.357 e. The molecule has 0 amide bonds. The highest BCUT2D eigenvalue weighted by Gasteiger charge is 2.48. The van der Waals surface area contributed by atoms with Crippen molar-refractivity contribution in [2.24, 2.45) is 16.3 Å². The van der Waals surface area contributed by atoms with Crippen molar-refractivity contribution >= 4 is 17.3 Å². The molecule has 0 unspecified atom stereocenters. The second-order valence-corrected chi connectivity index (χ2v) is 7.72. The normalized spacial score (nSPS) is 21.0. The maximum atomic E-state index is 4.68. The predicted molar refractivity (Wildman–Crippen MR) is 88.7 cm³/mol. The lowest BCUT2D eigenvalue weighted by Gasteiger charge is -2.43. The molecule has 0 spiro atoms. The Morgan fingerprint density at radius 3 is 2.76 bits per heavy atom. The van der Waals surface area contributed by atoms with Gasteiger partial charge in [0.15, 0.2) is 5.96 Å². The van der Waals surface area contributed by atoms with Crippen molar-refractivity contribution in [1.29, 1.82) is 0 Å². The maximum absolute atomic E-state index is 4.68. The molecular weight excluding hydrogens is 280 g/mol. The van der Waals surface area contributed by atoms with Crippen molar-refractivity contribution in [2.45, 2.75) is 52.5 Å². The lowest BCUT2D eigenvalue weighted by molar-refractivity contribution is 0.106. The van der Waals surface area contributed by atoms with Gasteiger partial charge in [-0.15, -0.1) is 11.3 Å². The molecule has 0 radical (unpaired) electrons. The summed E-state index contributed by atoms with van der Waals surface area (Å²) in [5.41, 5.74) is 0.577. The monoisotopic (exact) mass is 306 g/mol. The van der Waals surface area contributed by atoms with Crippen LogP contribution in [0.4, 0.5) is 0 Å². The first-order valence-corrected chi connectivity index (χ1v) is 8.97. The summed E-state index contributed by atoms with van der Waals surface area (Å²) in [6, 6.07) is 0. The molecule has 2 aliphatic carbocycles. The zero-order chi connectivity index (χ0) is 14.7. The molecule has 0 bridgehead atoms. The number of aliphatic imine (C=N–C) groups is 1. The van der Waals surface area contributed by atoms with Crippen LogP contribution in [0.25, 0.3) is 0 Å². The molecule has 21 heavy (non-hydrogen) atoms. The van der Waals surface area contributed by atoms with E-state index in [-0.39, 0.29) is 0 Å². The summed E-state index contributed by atoms with van der Waals surface area (Å²) < 4.78 is 0. The molecule has 0 saturated heterocycles. The third-order valence-electron chi connectivity index (χ3n) is 4.79. The standard InChI is InChI=1S/C16H26N4S/c1-3-17-15(19-10-14-18-9-12(2)21-14)20-11-16(7-4-8-16)13-5-6-13/h9,13H,3-8,10-11H2,1-2H3,(H2,17,19,20). The van der Waals surface area contributed by atoms with E-state index in [1.165, 1.54) is 37.0 Å². The quantitative estimate of drug-likeness (QED) is 0.627. The van der Waals surface area contributed by atoms with Crippen LogP contribution >= 0.6 is 11.3 Å². The summed E-state index contributed by atoms with van der Waals surface area (Å²) in [4.78, 5) is 10.3. The molecule has 0 aromatic carbocycles. The van der Waals surface area contributed by atoms with E-state index in [4.69, 9.17) is 0 Å². The summed E-state index contributed by atoms with van der Waals surface area (Å²) in [5, 5.41) is 8.02. The predicted octanol–water partition coefficient (Wildman–Crippen LogP) is 3.09. The van der Waals surface area contributed by atoms with Crippen LogP contribution in [-0.2, 0) is 6.54 Å². The topological polar surface area (TPSA) is 49.3 Å². The van der Waals surface area contributed by atoms with Crippen LogP contribution in [-0.4, -0.2) is 24.0 Å². The second-order valence-electron chi connectivity index (χ2n) is 6.40. The smallest absolute Gasteiger partial charge is 0.191 e. The van der Waals surface area contributed by atoms with Gasteiger partial charge in [-0.1, -0.05) is 6.42 Å². The molecular formula is C16H26N4S. The van der Waals surface area contributed by atoms with Crippen LogP contribution in [0.2, 0.25) is 0 Å². The molecule has 116 valence electrons. The van der Waals surface area contributed by atoms with E-state index in [1.54, 1.807) is 11.3 Å². The first-order valence-electron chi connectivity index (χ1n) is 8.15. The van der Waals surface area contributed by atoms with Gasteiger partial charge in [-0.25, -0.2) is 9.98 Å².